The third-order valence-electron chi connectivity index (χ3n) is 3.72. The van der Waals surface area contributed by atoms with Crippen molar-refractivity contribution in [1.29, 1.82) is 0 Å². The van der Waals surface area contributed by atoms with E-state index in [0.29, 0.717) is 6.42 Å². The number of carbonyl (C=O) groups excluding carboxylic acids is 1. The fourth-order valence-corrected chi connectivity index (χ4v) is 2.66. The molecule has 0 amide bonds. The smallest absolute Gasteiger partial charge is 0.323 e. The van der Waals surface area contributed by atoms with Crippen molar-refractivity contribution >= 4 is 5.97 Å². The van der Waals surface area contributed by atoms with Crippen molar-refractivity contribution in [2.45, 2.75) is 38.8 Å². The number of ether oxygens (including phenoxy) is 1. The summed E-state index contributed by atoms with van der Waals surface area (Å²) in [5.74, 6) is -0.286. The van der Waals surface area contributed by atoms with Gasteiger partial charge in [-0.2, -0.15) is 0 Å². The summed E-state index contributed by atoms with van der Waals surface area (Å²) in [7, 11) is 1.39. The molecule has 0 fully saturated rings. The van der Waals surface area contributed by atoms with Crippen LogP contribution >= 0.6 is 0 Å². The lowest BCUT2D eigenvalue weighted by Gasteiger charge is -2.24. The predicted molar refractivity (Wildman–Crippen MR) is 71.2 cm³/mol. The van der Waals surface area contributed by atoms with Crippen LogP contribution in [-0.4, -0.2) is 19.1 Å². The Hall–Kier alpha value is -1.42. The minimum absolute atomic E-state index is 0.0252. The molecule has 0 saturated carbocycles. The summed E-state index contributed by atoms with van der Waals surface area (Å²) < 4.78 is 18.5. The zero-order valence-electron chi connectivity index (χ0n) is 11.6. The minimum atomic E-state index is -0.357. The maximum Gasteiger partial charge on any atom is 0.323 e. The highest BCUT2D eigenvalue weighted by atomic mass is 19.1. The van der Waals surface area contributed by atoms with Crippen LogP contribution in [0, 0.1) is 11.7 Å². The van der Waals surface area contributed by atoms with Crippen LogP contribution in [0.5, 0.6) is 0 Å². The number of nitrogens with one attached hydrogen (secondary N) is 1. The third kappa shape index (κ3) is 2.78. The van der Waals surface area contributed by atoms with Gasteiger partial charge in [0.1, 0.15) is 11.9 Å². The number of benzene rings is 1. The highest BCUT2D eigenvalue weighted by Gasteiger charge is 2.31. The maximum absolute atomic E-state index is 13.7. The molecule has 19 heavy (non-hydrogen) atoms. The Morgan fingerprint density at radius 2 is 2.21 bits per heavy atom. The Morgan fingerprint density at radius 1 is 1.47 bits per heavy atom. The van der Waals surface area contributed by atoms with Gasteiger partial charge >= 0.3 is 5.97 Å². The van der Waals surface area contributed by atoms with Gasteiger partial charge in [0.2, 0.25) is 0 Å². The summed E-state index contributed by atoms with van der Waals surface area (Å²) in [4.78, 5) is 11.8. The molecule has 2 rings (SSSR count). The molecule has 0 aromatic heterocycles. The standard InChI is InChI=1S/C15H20FNO2/c1-9(2)14(15(18)19-3)17-13-8-7-10-11(13)5-4-6-12(10)16/h4-6,9,13-14,17H,7-8H2,1-3H3/t13?,14-/m0/s1. The van der Waals surface area contributed by atoms with E-state index in [0.717, 1.165) is 17.5 Å². The number of halogens is 1. The summed E-state index contributed by atoms with van der Waals surface area (Å²) in [6.45, 7) is 3.94. The maximum atomic E-state index is 13.7. The van der Waals surface area contributed by atoms with Gasteiger partial charge in [0, 0.05) is 6.04 Å². The van der Waals surface area contributed by atoms with E-state index < -0.39 is 0 Å². The summed E-state index contributed by atoms with van der Waals surface area (Å²) in [5, 5.41) is 3.31. The van der Waals surface area contributed by atoms with Crippen LogP contribution < -0.4 is 5.32 Å². The number of esters is 1. The van der Waals surface area contributed by atoms with Gasteiger partial charge in [-0.1, -0.05) is 26.0 Å². The number of rotatable bonds is 4. The lowest BCUT2D eigenvalue weighted by Crippen LogP contribution is -2.43. The van der Waals surface area contributed by atoms with E-state index in [2.05, 4.69) is 5.32 Å². The Bertz CT molecular complexity index is 473. The van der Waals surface area contributed by atoms with Gasteiger partial charge in [-0.3, -0.25) is 10.1 Å². The molecule has 1 aliphatic rings. The minimum Gasteiger partial charge on any atom is -0.468 e. The predicted octanol–water partition coefficient (Wildman–Crippen LogP) is 2.60. The molecule has 1 N–H and O–H groups in total. The number of fused-ring (bicyclic) bond motifs is 1. The lowest BCUT2D eigenvalue weighted by molar-refractivity contribution is -0.144. The van der Waals surface area contributed by atoms with E-state index in [1.807, 2.05) is 19.9 Å². The Balaban J connectivity index is 2.18. The van der Waals surface area contributed by atoms with E-state index in [4.69, 9.17) is 4.74 Å². The van der Waals surface area contributed by atoms with Crippen LogP contribution in [0.1, 0.15) is 37.4 Å². The number of hydrogen-bond acceptors (Lipinski definition) is 3. The van der Waals surface area contributed by atoms with E-state index >= 15 is 0 Å². The molecular weight excluding hydrogens is 245 g/mol. The molecule has 104 valence electrons. The van der Waals surface area contributed by atoms with Gasteiger partial charge in [-0.05, 0) is 36.0 Å². The van der Waals surface area contributed by atoms with Crippen molar-refractivity contribution in [2.24, 2.45) is 5.92 Å². The first-order valence-electron chi connectivity index (χ1n) is 6.65. The number of methoxy groups -OCH3 is 1. The molecule has 0 spiro atoms. The third-order valence-corrected chi connectivity index (χ3v) is 3.72. The lowest BCUT2D eigenvalue weighted by atomic mass is 10.0. The average Bonchev–Trinajstić information content (AvgIpc) is 2.79. The largest absolute Gasteiger partial charge is 0.468 e. The SMILES string of the molecule is COC(=O)[C@@H](NC1CCc2c(F)cccc21)C(C)C. The fourth-order valence-electron chi connectivity index (χ4n) is 2.66. The molecule has 0 saturated heterocycles. The van der Waals surface area contributed by atoms with Gasteiger partial charge in [0.05, 0.1) is 7.11 Å². The van der Waals surface area contributed by atoms with E-state index in [1.165, 1.54) is 13.2 Å². The average molecular weight is 265 g/mol. The second kappa shape index (κ2) is 5.70. The van der Waals surface area contributed by atoms with Crippen LogP contribution in [0.3, 0.4) is 0 Å². The van der Waals surface area contributed by atoms with E-state index in [9.17, 15) is 9.18 Å². The van der Waals surface area contributed by atoms with Crippen LogP contribution in [0.4, 0.5) is 4.39 Å². The Morgan fingerprint density at radius 3 is 2.84 bits per heavy atom. The number of carbonyl (C=O) groups is 1. The zero-order valence-corrected chi connectivity index (χ0v) is 11.6. The molecule has 0 aliphatic heterocycles. The van der Waals surface area contributed by atoms with Crippen LogP contribution in [0.15, 0.2) is 18.2 Å². The topological polar surface area (TPSA) is 38.3 Å². The second-order valence-corrected chi connectivity index (χ2v) is 5.31. The van der Waals surface area contributed by atoms with Crippen LogP contribution in [-0.2, 0) is 16.0 Å². The van der Waals surface area contributed by atoms with Crippen molar-refractivity contribution in [3.63, 3.8) is 0 Å². The first-order chi connectivity index (χ1) is 9.04. The first kappa shape index (κ1) is 14.0. The molecule has 3 nitrogen and oxygen atoms in total. The Labute approximate surface area is 113 Å². The molecule has 0 bridgehead atoms. The molecule has 0 heterocycles. The monoisotopic (exact) mass is 265 g/mol. The molecule has 0 radical (unpaired) electrons. The molecule has 1 aromatic carbocycles. The highest BCUT2D eigenvalue weighted by molar-refractivity contribution is 5.76. The fraction of sp³-hybridized carbons (Fsp3) is 0.533. The van der Waals surface area contributed by atoms with Crippen LogP contribution in [0.2, 0.25) is 0 Å². The zero-order chi connectivity index (χ0) is 14.0. The summed E-state index contributed by atoms with van der Waals surface area (Å²) in [6, 6.07) is 4.80. The highest BCUT2D eigenvalue weighted by Crippen LogP contribution is 2.33. The molecule has 2 atom stereocenters. The number of hydrogen-bond donors (Lipinski definition) is 1. The summed E-state index contributed by atoms with van der Waals surface area (Å²) in [6.07, 6.45) is 1.53. The van der Waals surface area contributed by atoms with Gasteiger partial charge in [-0.15, -0.1) is 0 Å². The molecule has 1 unspecified atom stereocenters. The van der Waals surface area contributed by atoms with Crippen molar-refractivity contribution in [3.05, 3.63) is 35.1 Å². The second-order valence-electron chi connectivity index (χ2n) is 5.31. The summed E-state index contributed by atoms with van der Waals surface area (Å²) >= 11 is 0. The van der Waals surface area contributed by atoms with Gasteiger partial charge in [-0.25, -0.2) is 4.39 Å². The van der Waals surface area contributed by atoms with Gasteiger partial charge < -0.3 is 4.74 Å². The van der Waals surface area contributed by atoms with Crippen molar-refractivity contribution in [1.82, 2.24) is 5.32 Å². The summed E-state index contributed by atoms with van der Waals surface area (Å²) in [5.41, 5.74) is 1.74. The first-order valence-corrected chi connectivity index (χ1v) is 6.65. The Kier molecular flexibility index (Phi) is 4.20. The van der Waals surface area contributed by atoms with E-state index in [1.54, 1.807) is 6.07 Å². The molecular formula is C15H20FNO2. The van der Waals surface area contributed by atoms with Gasteiger partial charge in [0.15, 0.2) is 0 Å². The molecule has 4 heteroatoms. The molecule has 1 aromatic rings. The van der Waals surface area contributed by atoms with E-state index in [-0.39, 0.29) is 29.8 Å². The van der Waals surface area contributed by atoms with Crippen molar-refractivity contribution in [3.8, 4) is 0 Å². The van der Waals surface area contributed by atoms with Gasteiger partial charge in [0.25, 0.3) is 0 Å². The normalized spacial score (nSPS) is 19.3. The van der Waals surface area contributed by atoms with Crippen LogP contribution in [0.25, 0.3) is 0 Å². The molecule has 1 aliphatic carbocycles. The quantitative estimate of drug-likeness (QED) is 0.850. The van der Waals surface area contributed by atoms with Crippen molar-refractivity contribution < 1.29 is 13.9 Å². The van der Waals surface area contributed by atoms with Crippen molar-refractivity contribution in [2.75, 3.05) is 7.11 Å².